The molecule has 1 amide bonds. The van der Waals surface area contributed by atoms with E-state index in [0.717, 1.165) is 24.3 Å². The lowest BCUT2D eigenvalue weighted by Gasteiger charge is -2.31. The van der Waals surface area contributed by atoms with Gasteiger partial charge in [-0.15, -0.1) is 11.3 Å². The van der Waals surface area contributed by atoms with Gasteiger partial charge in [0.1, 0.15) is 5.69 Å². The van der Waals surface area contributed by atoms with E-state index in [9.17, 15) is 13.2 Å². The molecule has 0 bridgehead atoms. The summed E-state index contributed by atoms with van der Waals surface area (Å²) in [6.07, 6.45) is 6.75. The summed E-state index contributed by atoms with van der Waals surface area (Å²) in [6, 6.07) is 3.86. The molecule has 4 rings (SSSR count). The summed E-state index contributed by atoms with van der Waals surface area (Å²) in [5.74, 6) is -0.290. The number of ether oxygens (including phenoxy) is 1. The van der Waals surface area contributed by atoms with E-state index < -0.39 is 10.0 Å². The number of hydrogen-bond donors (Lipinski definition) is 1. The Morgan fingerprint density at radius 2 is 2.23 bits per heavy atom. The minimum absolute atomic E-state index is 0.0599. The highest BCUT2D eigenvalue weighted by atomic mass is 32.2. The summed E-state index contributed by atoms with van der Waals surface area (Å²) in [7, 11) is -3.84. The molecule has 2 aliphatic heterocycles. The Kier molecular flexibility index (Phi) is 6.90. The molecule has 2 fully saturated rings. The number of piperidine rings is 1. The van der Waals surface area contributed by atoms with Crippen molar-refractivity contribution in [1.29, 1.82) is 0 Å². The van der Waals surface area contributed by atoms with Gasteiger partial charge in [-0.25, -0.2) is 8.42 Å². The lowest BCUT2D eigenvalue weighted by molar-refractivity contribution is -0.126. The standard InChI is InChI=1S/C21H27N3O5S2/c1-15-20(19(29-23-15)9-8-18-7-4-12-30-18)31(26,27)24-10-2-5-16(14-24)21(25)22-13-17-6-3-11-28-17/h4,7-9,12,16-17H,2-3,5-6,10-11,13-14H2,1H3,(H,22,25)/b9-8+. The highest BCUT2D eigenvalue weighted by Crippen LogP contribution is 2.29. The Morgan fingerprint density at radius 1 is 1.35 bits per heavy atom. The monoisotopic (exact) mass is 465 g/mol. The van der Waals surface area contributed by atoms with Gasteiger partial charge in [-0.3, -0.25) is 4.79 Å². The molecule has 0 saturated carbocycles. The van der Waals surface area contributed by atoms with Crippen molar-refractivity contribution in [1.82, 2.24) is 14.8 Å². The van der Waals surface area contributed by atoms with E-state index in [0.29, 0.717) is 31.6 Å². The van der Waals surface area contributed by atoms with E-state index in [1.54, 1.807) is 30.4 Å². The van der Waals surface area contributed by atoms with Crippen molar-refractivity contribution < 1.29 is 22.5 Å². The van der Waals surface area contributed by atoms with Crippen LogP contribution in [0.15, 0.2) is 26.9 Å². The van der Waals surface area contributed by atoms with Crippen LogP contribution in [-0.4, -0.2) is 56.1 Å². The number of aryl methyl sites for hydroxylation is 1. The zero-order chi connectivity index (χ0) is 21.8. The van der Waals surface area contributed by atoms with Crippen molar-refractivity contribution in [2.24, 2.45) is 5.92 Å². The van der Waals surface area contributed by atoms with Crippen LogP contribution in [0.4, 0.5) is 0 Å². The predicted octanol–water partition coefficient (Wildman–Crippen LogP) is 2.91. The number of carbonyl (C=O) groups is 1. The summed E-state index contributed by atoms with van der Waals surface area (Å²) in [6.45, 7) is 3.35. The average molecular weight is 466 g/mol. The lowest BCUT2D eigenvalue weighted by atomic mass is 9.99. The molecule has 2 aliphatic rings. The van der Waals surface area contributed by atoms with Crippen LogP contribution in [0.2, 0.25) is 0 Å². The average Bonchev–Trinajstić information content (AvgIpc) is 3.53. The molecule has 31 heavy (non-hydrogen) atoms. The first-order valence-electron chi connectivity index (χ1n) is 10.5. The van der Waals surface area contributed by atoms with E-state index in [4.69, 9.17) is 9.26 Å². The van der Waals surface area contributed by atoms with Crippen LogP contribution < -0.4 is 5.32 Å². The summed E-state index contributed by atoms with van der Waals surface area (Å²) >= 11 is 1.55. The lowest BCUT2D eigenvalue weighted by Crippen LogP contribution is -2.46. The van der Waals surface area contributed by atoms with Crippen LogP contribution in [0.5, 0.6) is 0 Å². The van der Waals surface area contributed by atoms with Gasteiger partial charge >= 0.3 is 0 Å². The van der Waals surface area contributed by atoms with Crippen molar-refractivity contribution >= 4 is 39.4 Å². The Labute approximate surface area is 186 Å². The molecule has 2 aromatic rings. The second kappa shape index (κ2) is 9.64. The fourth-order valence-corrected chi connectivity index (χ4v) is 6.40. The van der Waals surface area contributed by atoms with Gasteiger partial charge in [-0.05, 0) is 56.2 Å². The van der Waals surface area contributed by atoms with E-state index in [1.165, 1.54) is 4.31 Å². The minimum Gasteiger partial charge on any atom is -0.376 e. The minimum atomic E-state index is -3.84. The smallest absolute Gasteiger partial charge is 0.248 e. The van der Waals surface area contributed by atoms with Crippen LogP contribution in [0, 0.1) is 12.8 Å². The number of amides is 1. The number of carbonyl (C=O) groups excluding carboxylic acids is 1. The first kappa shape index (κ1) is 22.2. The van der Waals surface area contributed by atoms with Gasteiger partial charge in [-0.1, -0.05) is 11.2 Å². The zero-order valence-electron chi connectivity index (χ0n) is 17.5. The molecular formula is C21H27N3O5S2. The van der Waals surface area contributed by atoms with Gasteiger partial charge in [0.25, 0.3) is 0 Å². The van der Waals surface area contributed by atoms with Crippen LogP contribution in [0.1, 0.15) is 42.0 Å². The third-order valence-electron chi connectivity index (χ3n) is 5.66. The molecule has 1 N–H and O–H groups in total. The zero-order valence-corrected chi connectivity index (χ0v) is 19.1. The van der Waals surface area contributed by atoms with Crippen molar-refractivity contribution in [3.63, 3.8) is 0 Å². The largest absolute Gasteiger partial charge is 0.376 e. The van der Waals surface area contributed by atoms with Crippen molar-refractivity contribution in [3.05, 3.63) is 33.8 Å². The molecule has 0 spiro atoms. The van der Waals surface area contributed by atoms with Gasteiger partial charge in [0, 0.05) is 31.1 Å². The number of nitrogens with one attached hydrogen (secondary N) is 1. The van der Waals surface area contributed by atoms with Crippen LogP contribution in [0.3, 0.4) is 0 Å². The molecule has 2 unspecified atom stereocenters. The number of nitrogens with zero attached hydrogens (tertiary/aromatic N) is 2. The Morgan fingerprint density at radius 3 is 2.97 bits per heavy atom. The van der Waals surface area contributed by atoms with Crippen molar-refractivity contribution in [3.8, 4) is 0 Å². The van der Waals surface area contributed by atoms with E-state index >= 15 is 0 Å². The first-order valence-corrected chi connectivity index (χ1v) is 12.8. The summed E-state index contributed by atoms with van der Waals surface area (Å²) in [5.41, 5.74) is 0.316. The van der Waals surface area contributed by atoms with Gasteiger partial charge in [0.05, 0.1) is 12.0 Å². The molecule has 0 aromatic carbocycles. The molecule has 8 nitrogen and oxygen atoms in total. The topological polar surface area (TPSA) is 102 Å². The first-order chi connectivity index (χ1) is 14.9. The van der Waals surface area contributed by atoms with E-state index in [2.05, 4.69) is 10.5 Å². The SMILES string of the molecule is Cc1noc(/C=C/c2cccs2)c1S(=O)(=O)N1CCCC(C(=O)NCC2CCCO2)C1. The fraction of sp³-hybridized carbons (Fsp3) is 0.524. The number of hydrogen-bond acceptors (Lipinski definition) is 7. The molecular weight excluding hydrogens is 438 g/mol. The van der Waals surface area contributed by atoms with E-state index in [1.807, 2.05) is 17.5 Å². The van der Waals surface area contributed by atoms with Crippen LogP contribution >= 0.6 is 11.3 Å². The summed E-state index contributed by atoms with van der Waals surface area (Å²) in [5, 5.41) is 8.76. The maximum absolute atomic E-state index is 13.4. The van der Waals surface area contributed by atoms with Gasteiger partial charge in [0.2, 0.25) is 15.9 Å². The molecule has 0 aliphatic carbocycles. The second-order valence-corrected chi connectivity index (χ2v) is 10.7. The van der Waals surface area contributed by atoms with Crippen molar-refractivity contribution in [2.45, 2.75) is 43.6 Å². The summed E-state index contributed by atoms with van der Waals surface area (Å²) in [4.78, 5) is 13.7. The van der Waals surface area contributed by atoms with Crippen LogP contribution in [-0.2, 0) is 19.6 Å². The third-order valence-corrected chi connectivity index (χ3v) is 8.52. The van der Waals surface area contributed by atoms with Gasteiger partial charge < -0.3 is 14.6 Å². The third kappa shape index (κ3) is 5.08. The van der Waals surface area contributed by atoms with Gasteiger partial charge in [-0.2, -0.15) is 4.31 Å². The maximum Gasteiger partial charge on any atom is 0.248 e. The molecule has 2 saturated heterocycles. The van der Waals surface area contributed by atoms with Crippen LogP contribution in [0.25, 0.3) is 12.2 Å². The number of thiophene rings is 1. The molecule has 10 heteroatoms. The molecule has 2 aromatic heterocycles. The Bertz CT molecular complexity index is 1020. The number of rotatable bonds is 7. The number of aromatic nitrogens is 1. The second-order valence-electron chi connectivity index (χ2n) is 7.89. The van der Waals surface area contributed by atoms with Crippen molar-refractivity contribution in [2.75, 3.05) is 26.2 Å². The normalized spacial score (nSPS) is 22.9. The van der Waals surface area contributed by atoms with Gasteiger partial charge in [0.15, 0.2) is 10.7 Å². The number of sulfonamides is 1. The highest BCUT2D eigenvalue weighted by Gasteiger charge is 2.37. The molecule has 168 valence electrons. The van der Waals surface area contributed by atoms with E-state index in [-0.39, 0.29) is 35.1 Å². The molecule has 2 atom stereocenters. The Balaban J connectivity index is 1.47. The maximum atomic E-state index is 13.4. The molecule has 4 heterocycles. The quantitative estimate of drug-likeness (QED) is 0.675. The summed E-state index contributed by atoms with van der Waals surface area (Å²) < 4.78 is 39.1. The predicted molar refractivity (Wildman–Crippen MR) is 118 cm³/mol. The Hall–Kier alpha value is -2.01. The highest BCUT2D eigenvalue weighted by molar-refractivity contribution is 7.89. The molecule has 0 radical (unpaired) electrons. The fourth-order valence-electron chi connectivity index (χ4n) is 4.01.